The van der Waals surface area contributed by atoms with Crippen LogP contribution in [0.5, 0.6) is 5.75 Å². The Bertz CT molecular complexity index is 667. The van der Waals surface area contributed by atoms with Crippen LogP contribution in [0.25, 0.3) is 0 Å². The number of amides is 1. The highest BCUT2D eigenvalue weighted by atomic mass is 32.2. The number of rotatable bonds is 7. The van der Waals surface area contributed by atoms with Crippen LogP contribution in [0, 0.1) is 0 Å². The summed E-state index contributed by atoms with van der Waals surface area (Å²) in [5.74, 6) is 0.237. The monoisotopic (exact) mass is 368 g/mol. The van der Waals surface area contributed by atoms with Crippen molar-refractivity contribution < 1.29 is 17.9 Å². The SMILES string of the molecule is CCOc1ccccc1NC(=O)CN(C1CCCCCC1)S(C)(=O)=O. The molecular formula is C18H28N2O4S. The summed E-state index contributed by atoms with van der Waals surface area (Å²) >= 11 is 0. The Morgan fingerprint density at radius 3 is 2.44 bits per heavy atom. The molecule has 140 valence electrons. The number of hydrogen-bond donors (Lipinski definition) is 1. The normalized spacial score (nSPS) is 16.4. The molecule has 0 spiro atoms. The van der Waals surface area contributed by atoms with E-state index in [2.05, 4.69) is 5.32 Å². The summed E-state index contributed by atoms with van der Waals surface area (Å²) in [6.45, 7) is 2.20. The molecule has 0 unspecified atom stereocenters. The van der Waals surface area contributed by atoms with Gasteiger partial charge in [0, 0.05) is 6.04 Å². The number of para-hydroxylation sites is 2. The molecule has 1 aromatic rings. The highest BCUT2D eigenvalue weighted by Gasteiger charge is 2.29. The lowest BCUT2D eigenvalue weighted by Crippen LogP contribution is -2.44. The first-order valence-electron chi connectivity index (χ1n) is 8.90. The van der Waals surface area contributed by atoms with Crippen LogP contribution in [0.15, 0.2) is 24.3 Å². The maximum atomic E-state index is 12.5. The number of nitrogens with zero attached hydrogens (tertiary/aromatic N) is 1. The second-order valence-electron chi connectivity index (χ2n) is 6.43. The van der Waals surface area contributed by atoms with Gasteiger partial charge in [0.2, 0.25) is 15.9 Å². The molecule has 1 fully saturated rings. The Kier molecular flexibility index (Phi) is 7.25. The molecule has 0 aromatic heterocycles. The zero-order valence-electron chi connectivity index (χ0n) is 15.0. The van der Waals surface area contributed by atoms with Gasteiger partial charge in [-0.15, -0.1) is 0 Å². The number of anilines is 1. The number of hydrogen-bond acceptors (Lipinski definition) is 4. The van der Waals surface area contributed by atoms with Gasteiger partial charge in [-0.2, -0.15) is 4.31 Å². The van der Waals surface area contributed by atoms with Crippen molar-refractivity contribution >= 4 is 21.6 Å². The molecule has 7 heteroatoms. The van der Waals surface area contributed by atoms with Gasteiger partial charge in [-0.05, 0) is 31.9 Å². The number of carbonyl (C=O) groups excluding carboxylic acids is 1. The summed E-state index contributed by atoms with van der Waals surface area (Å²) in [6.07, 6.45) is 7.08. The van der Waals surface area contributed by atoms with Crippen LogP contribution >= 0.6 is 0 Å². The largest absolute Gasteiger partial charge is 0.492 e. The molecule has 0 heterocycles. The van der Waals surface area contributed by atoms with E-state index in [4.69, 9.17) is 4.74 Å². The van der Waals surface area contributed by atoms with Crippen molar-refractivity contribution in [1.29, 1.82) is 0 Å². The molecule has 0 saturated heterocycles. The first kappa shape index (κ1) is 19.7. The van der Waals surface area contributed by atoms with Crippen LogP contribution in [0.2, 0.25) is 0 Å². The average Bonchev–Trinajstić information content (AvgIpc) is 2.83. The molecule has 1 saturated carbocycles. The van der Waals surface area contributed by atoms with E-state index in [1.165, 1.54) is 10.6 Å². The molecule has 1 aliphatic rings. The van der Waals surface area contributed by atoms with Gasteiger partial charge in [0.15, 0.2) is 0 Å². The summed E-state index contributed by atoms with van der Waals surface area (Å²) in [5, 5.41) is 2.78. The predicted octanol–water partition coefficient (Wildman–Crippen LogP) is 3.01. The van der Waals surface area contributed by atoms with Crippen LogP contribution in [0.3, 0.4) is 0 Å². The third-order valence-electron chi connectivity index (χ3n) is 4.42. The average molecular weight is 368 g/mol. The molecule has 2 rings (SSSR count). The zero-order valence-corrected chi connectivity index (χ0v) is 15.8. The molecule has 1 aromatic carbocycles. The minimum Gasteiger partial charge on any atom is -0.492 e. The van der Waals surface area contributed by atoms with E-state index in [1.807, 2.05) is 13.0 Å². The highest BCUT2D eigenvalue weighted by Crippen LogP contribution is 2.25. The minimum atomic E-state index is -3.45. The lowest BCUT2D eigenvalue weighted by molar-refractivity contribution is -0.116. The summed E-state index contributed by atoms with van der Waals surface area (Å²) < 4.78 is 31.3. The standard InChI is InChI=1S/C18H28N2O4S/c1-3-24-17-13-9-8-12-16(17)19-18(21)14-20(25(2,22)23)15-10-6-4-5-7-11-15/h8-9,12-13,15H,3-7,10-11,14H2,1-2H3,(H,19,21). The van der Waals surface area contributed by atoms with Gasteiger partial charge in [0.1, 0.15) is 5.75 Å². The minimum absolute atomic E-state index is 0.0922. The smallest absolute Gasteiger partial charge is 0.239 e. The molecule has 0 aliphatic heterocycles. The van der Waals surface area contributed by atoms with E-state index in [9.17, 15) is 13.2 Å². The molecule has 6 nitrogen and oxygen atoms in total. The molecule has 1 amide bonds. The fourth-order valence-corrected chi connectivity index (χ4v) is 4.35. The fraction of sp³-hybridized carbons (Fsp3) is 0.611. The van der Waals surface area contributed by atoms with Crippen molar-refractivity contribution in [2.45, 2.75) is 51.5 Å². The summed E-state index contributed by atoms with van der Waals surface area (Å²) in [4.78, 5) is 12.5. The Labute approximate surface area is 150 Å². The van der Waals surface area contributed by atoms with Crippen LogP contribution in [-0.4, -0.2) is 44.1 Å². The maximum Gasteiger partial charge on any atom is 0.239 e. The van der Waals surface area contributed by atoms with Crippen LogP contribution in [0.1, 0.15) is 45.4 Å². The molecule has 1 aliphatic carbocycles. The third-order valence-corrected chi connectivity index (χ3v) is 5.70. The quantitative estimate of drug-likeness (QED) is 0.751. The van der Waals surface area contributed by atoms with Gasteiger partial charge in [0.05, 0.1) is 25.1 Å². The second-order valence-corrected chi connectivity index (χ2v) is 8.37. The van der Waals surface area contributed by atoms with Gasteiger partial charge in [-0.25, -0.2) is 8.42 Å². The van der Waals surface area contributed by atoms with Gasteiger partial charge in [-0.3, -0.25) is 4.79 Å². The van der Waals surface area contributed by atoms with E-state index in [1.54, 1.807) is 18.2 Å². The summed E-state index contributed by atoms with van der Waals surface area (Å²) in [5.41, 5.74) is 0.559. The number of benzene rings is 1. The Morgan fingerprint density at radius 2 is 1.84 bits per heavy atom. The van der Waals surface area contributed by atoms with Gasteiger partial charge >= 0.3 is 0 Å². The van der Waals surface area contributed by atoms with Crippen molar-refractivity contribution in [2.75, 3.05) is 24.7 Å². The van der Waals surface area contributed by atoms with Crippen molar-refractivity contribution in [2.24, 2.45) is 0 Å². The molecule has 0 atom stereocenters. The van der Waals surface area contributed by atoms with Crippen molar-refractivity contribution in [3.05, 3.63) is 24.3 Å². The lowest BCUT2D eigenvalue weighted by atomic mass is 10.1. The van der Waals surface area contributed by atoms with Crippen LogP contribution in [0.4, 0.5) is 5.69 Å². The molecule has 25 heavy (non-hydrogen) atoms. The number of nitrogens with one attached hydrogen (secondary N) is 1. The van der Waals surface area contributed by atoms with E-state index >= 15 is 0 Å². The highest BCUT2D eigenvalue weighted by molar-refractivity contribution is 7.88. The fourth-order valence-electron chi connectivity index (χ4n) is 3.25. The van der Waals surface area contributed by atoms with Gasteiger partial charge in [-0.1, -0.05) is 37.8 Å². The van der Waals surface area contributed by atoms with Crippen LogP contribution < -0.4 is 10.1 Å². The topological polar surface area (TPSA) is 75.7 Å². The zero-order chi connectivity index (χ0) is 18.3. The maximum absolute atomic E-state index is 12.5. The third kappa shape index (κ3) is 6.01. The Morgan fingerprint density at radius 1 is 1.20 bits per heavy atom. The summed E-state index contributed by atoms with van der Waals surface area (Å²) in [7, 11) is -3.45. The van der Waals surface area contributed by atoms with E-state index in [-0.39, 0.29) is 18.5 Å². The van der Waals surface area contributed by atoms with Gasteiger partial charge in [0.25, 0.3) is 0 Å². The lowest BCUT2D eigenvalue weighted by Gasteiger charge is -2.28. The Balaban J connectivity index is 2.09. The van der Waals surface area contributed by atoms with Gasteiger partial charge < -0.3 is 10.1 Å². The molecule has 1 N–H and O–H groups in total. The van der Waals surface area contributed by atoms with Crippen molar-refractivity contribution in [3.63, 3.8) is 0 Å². The predicted molar refractivity (Wildman–Crippen MR) is 99.3 cm³/mol. The Hall–Kier alpha value is -1.60. The van der Waals surface area contributed by atoms with Crippen molar-refractivity contribution in [1.82, 2.24) is 4.31 Å². The van der Waals surface area contributed by atoms with E-state index < -0.39 is 10.0 Å². The number of carbonyl (C=O) groups is 1. The van der Waals surface area contributed by atoms with E-state index in [0.29, 0.717) is 18.0 Å². The first-order chi connectivity index (χ1) is 11.9. The summed E-state index contributed by atoms with van der Waals surface area (Å²) in [6, 6.07) is 7.07. The molecular weight excluding hydrogens is 340 g/mol. The van der Waals surface area contributed by atoms with Crippen LogP contribution in [-0.2, 0) is 14.8 Å². The molecule has 0 bridgehead atoms. The first-order valence-corrected chi connectivity index (χ1v) is 10.7. The number of sulfonamides is 1. The molecule has 0 radical (unpaired) electrons. The van der Waals surface area contributed by atoms with E-state index in [0.717, 1.165) is 38.5 Å². The number of ether oxygens (including phenoxy) is 1. The second kappa shape index (κ2) is 9.20. The van der Waals surface area contributed by atoms with Crippen molar-refractivity contribution in [3.8, 4) is 5.75 Å².